The van der Waals surface area contributed by atoms with Crippen molar-refractivity contribution in [3.63, 3.8) is 0 Å². The van der Waals surface area contributed by atoms with Gasteiger partial charge >= 0.3 is 0 Å². The molecule has 1 aliphatic rings. The van der Waals surface area contributed by atoms with Crippen molar-refractivity contribution in [3.8, 4) is 17.7 Å². The van der Waals surface area contributed by atoms with Crippen LogP contribution < -0.4 is 5.32 Å². The van der Waals surface area contributed by atoms with Gasteiger partial charge in [0.05, 0.1) is 18.1 Å². The molecule has 0 atom stereocenters. The molecule has 0 aliphatic heterocycles. The summed E-state index contributed by atoms with van der Waals surface area (Å²) in [4.78, 5) is 12.3. The molecule has 2 aromatic rings. The van der Waals surface area contributed by atoms with Gasteiger partial charge < -0.3 is 9.73 Å². The molecule has 25 heavy (non-hydrogen) atoms. The lowest BCUT2D eigenvalue weighted by molar-refractivity contribution is -0.119. The summed E-state index contributed by atoms with van der Waals surface area (Å²) < 4.78 is 7.23. The molecule has 7 nitrogen and oxygen atoms in total. The third kappa shape index (κ3) is 3.77. The van der Waals surface area contributed by atoms with Crippen LogP contribution in [0.1, 0.15) is 25.7 Å². The van der Waals surface area contributed by atoms with E-state index in [0.29, 0.717) is 23.3 Å². The van der Waals surface area contributed by atoms with Crippen LogP contribution in [0, 0.1) is 11.3 Å². The molecule has 1 N–H and O–H groups in total. The van der Waals surface area contributed by atoms with Gasteiger partial charge in [-0.15, -0.1) is 16.8 Å². The number of carbonyl (C=O) groups is 1. The summed E-state index contributed by atoms with van der Waals surface area (Å²) in [7, 11) is 0. The molecular formula is C17H19N5O2S. The molecule has 1 saturated carbocycles. The number of thioether (sulfide) groups is 1. The molecule has 0 unspecified atom stereocenters. The van der Waals surface area contributed by atoms with Gasteiger partial charge in [0.25, 0.3) is 0 Å². The third-order valence-corrected chi connectivity index (χ3v) is 5.12. The zero-order chi connectivity index (χ0) is 17.7. The number of furan rings is 1. The zero-order valence-electron chi connectivity index (χ0n) is 13.8. The maximum Gasteiger partial charge on any atom is 0.231 e. The van der Waals surface area contributed by atoms with Crippen molar-refractivity contribution in [2.45, 2.75) is 42.9 Å². The van der Waals surface area contributed by atoms with E-state index in [1.807, 2.05) is 10.6 Å². The Hall–Kier alpha value is -2.53. The summed E-state index contributed by atoms with van der Waals surface area (Å²) in [6, 6.07) is 5.85. The maximum atomic E-state index is 12.3. The van der Waals surface area contributed by atoms with E-state index < -0.39 is 5.54 Å². The van der Waals surface area contributed by atoms with Gasteiger partial charge in [-0.2, -0.15) is 5.26 Å². The highest BCUT2D eigenvalue weighted by Gasteiger charge is 2.35. The summed E-state index contributed by atoms with van der Waals surface area (Å²) in [5.41, 5.74) is -0.703. The molecule has 1 aliphatic carbocycles. The third-order valence-electron chi connectivity index (χ3n) is 4.15. The van der Waals surface area contributed by atoms with Crippen LogP contribution >= 0.6 is 11.8 Å². The second-order valence-electron chi connectivity index (χ2n) is 5.92. The van der Waals surface area contributed by atoms with E-state index in [2.05, 4.69) is 28.2 Å². The number of nitriles is 1. The van der Waals surface area contributed by atoms with Gasteiger partial charge in [0, 0.05) is 6.54 Å². The molecule has 0 radical (unpaired) electrons. The normalized spacial score (nSPS) is 15.6. The molecule has 1 amide bonds. The van der Waals surface area contributed by atoms with Gasteiger partial charge in [0.1, 0.15) is 5.54 Å². The van der Waals surface area contributed by atoms with Gasteiger partial charge in [-0.25, -0.2) is 0 Å². The fraction of sp³-hybridized carbons (Fsp3) is 0.412. The topological polar surface area (TPSA) is 96.7 Å². The lowest BCUT2D eigenvalue weighted by atomic mass is 10.0. The summed E-state index contributed by atoms with van der Waals surface area (Å²) in [6.07, 6.45) is 6.70. The van der Waals surface area contributed by atoms with Gasteiger partial charge in [0.15, 0.2) is 10.9 Å². The van der Waals surface area contributed by atoms with Gasteiger partial charge in [-0.1, -0.05) is 17.8 Å². The van der Waals surface area contributed by atoms with E-state index in [1.165, 1.54) is 11.8 Å². The number of hydrogen-bond donors (Lipinski definition) is 1. The highest BCUT2D eigenvalue weighted by Crippen LogP contribution is 2.29. The van der Waals surface area contributed by atoms with Crippen LogP contribution in [-0.2, 0) is 11.3 Å². The molecule has 0 spiro atoms. The Morgan fingerprint density at radius 1 is 1.52 bits per heavy atom. The quantitative estimate of drug-likeness (QED) is 0.604. The van der Waals surface area contributed by atoms with E-state index in [0.717, 1.165) is 25.7 Å². The largest absolute Gasteiger partial charge is 0.461 e. The first-order valence-corrected chi connectivity index (χ1v) is 9.09. The van der Waals surface area contributed by atoms with Crippen LogP contribution in [0.3, 0.4) is 0 Å². The minimum Gasteiger partial charge on any atom is -0.461 e. The standard InChI is InChI=1S/C17H19N5O2S/c1-2-9-22-15(13-6-5-10-24-13)20-21-16(22)25-11-14(23)19-17(12-18)7-3-4-8-17/h2,5-6,10H,1,3-4,7-9,11H2,(H,19,23). The first-order valence-electron chi connectivity index (χ1n) is 8.10. The Kier molecular flexibility index (Phi) is 5.24. The maximum absolute atomic E-state index is 12.3. The number of hydrogen-bond acceptors (Lipinski definition) is 6. The number of nitrogens with zero attached hydrogens (tertiary/aromatic N) is 4. The highest BCUT2D eigenvalue weighted by molar-refractivity contribution is 7.99. The summed E-state index contributed by atoms with van der Waals surface area (Å²) >= 11 is 1.28. The van der Waals surface area contributed by atoms with E-state index in [1.54, 1.807) is 18.4 Å². The van der Waals surface area contributed by atoms with Crippen molar-refractivity contribution >= 4 is 17.7 Å². The van der Waals surface area contributed by atoms with Crippen LogP contribution in [0.15, 0.2) is 40.6 Å². The Bertz CT molecular complexity index is 785. The SMILES string of the molecule is C=CCn1c(SCC(=O)NC2(C#N)CCCC2)nnc1-c1ccco1. The van der Waals surface area contributed by atoms with Crippen LogP contribution in [0.5, 0.6) is 0 Å². The molecule has 0 saturated heterocycles. The monoisotopic (exact) mass is 357 g/mol. The lowest BCUT2D eigenvalue weighted by Gasteiger charge is -2.21. The lowest BCUT2D eigenvalue weighted by Crippen LogP contribution is -2.45. The fourth-order valence-corrected chi connectivity index (χ4v) is 3.70. The first kappa shape index (κ1) is 17.3. The van der Waals surface area contributed by atoms with E-state index in [-0.39, 0.29) is 11.7 Å². The van der Waals surface area contributed by atoms with Crippen LogP contribution in [-0.4, -0.2) is 32.0 Å². The summed E-state index contributed by atoms with van der Waals surface area (Å²) in [5.74, 6) is 1.22. The summed E-state index contributed by atoms with van der Waals surface area (Å²) in [5, 5.41) is 21.2. The van der Waals surface area contributed by atoms with Crippen LogP contribution in [0.4, 0.5) is 0 Å². The van der Waals surface area contributed by atoms with Gasteiger partial charge in [-0.3, -0.25) is 9.36 Å². The van der Waals surface area contributed by atoms with E-state index in [9.17, 15) is 10.1 Å². The number of nitrogens with one attached hydrogen (secondary N) is 1. The Morgan fingerprint density at radius 2 is 2.32 bits per heavy atom. The molecular weight excluding hydrogens is 338 g/mol. The second kappa shape index (κ2) is 7.57. The van der Waals surface area contributed by atoms with Crippen molar-refractivity contribution in [2.75, 3.05) is 5.75 Å². The molecule has 3 rings (SSSR count). The number of rotatable bonds is 7. The predicted octanol–water partition coefficient (Wildman–Crippen LogP) is 2.77. The number of aromatic nitrogens is 3. The predicted molar refractivity (Wildman–Crippen MR) is 93.6 cm³/mol. The van der Waals surface area contributed by atoms with Crippen molar-refractivity contribution in [1.82, 2.24) is 20.1 Å². The number of carbonyl (C=O) groups excluding carboxylic acids is 1. The average molecular weight is 357 g/mol. The highest BCUT2D eigenvalue weighted by atomic mass is 32.2. The minimum atomic E-state index is -0.703. The molecule has 8 heteroatoms. The number of amides is 1. The summed E-state index contributed by atoms with van der Waals surface area (Å²) in [6.45, 7) is 4.26. The molecule has 0 aromatic carbocycles. The second-order valence-corrected chi connectivity index (χ2v) is 6.86. The van der Waals surface area contributed by atoms with Crippen molar-refractivity contribution in [1.29, 1.82) is 5.26 Å². The van der Waals surface area contributed by atoms with E-state index in [4.69, 9.17) is 4.42 Å². The molecule has 2 heterocycles. The van der Waals surface area contributed by atoms with Crippen LogP contribution in [0.25, 0.3) is 11.6 Å². The number of allylic oxidation sites excluding steroid dienone is 1. The van der Waals surface area contributed by atoms with Crippen LogP contribution in [0.2, 0.25) is 0 Å². The van der Waals surface area contributed by atoms with E-state index >= 15 is 0 Å². The Morgan fingerprint density at radius 3 is 2.96 bits per heavy atom. The molecule has 0 bridgehead atoms. The molecule has 2 aromatic heterocycles. The van der Waals surface area contributed by atoms with Crippen molar-refractivity contribution in [3.05, 3.63) is 31.1 Å². The van der Waals surface area contributed by atoms with Gasteiger partial charge in [-0.05, 0) is 37.8 Å². The zero-order valence-corrected chi connectivity index (χ0v) is 14.6. The Balaban J connectivity index is 1.68. The van der Waals surface area contributed by atoms with Gasteiger partial charge in [0.2, 0.25) is 11.7 Å². The first-order chi connectivity index (χ1) is 12.2. The van der Waals surface area contributed by atoms with Crippen molar-refractivity contribution < 1.29 is 9.21 Å². The average Bonchev–Trinajstić information content (AvgIpc) is 3.34. The molecule has 1 fully saturated rings. The fourth-order valence-electron chi connectivity index (χ4n) is 2.95. The molecule has 130 valence electrons. The minimum absolute atomic E-state index is 0.166. The Labute approximate surface area is 150 Å². The van der Waals surface area contributed by atoms with Crippen molar-refractivity contribution in [2.24, 2.45) is 0 Å². The smallest absolute Gasteiger partial charge is 0.231 e.